The molecule has 4 nitrogen and oxygen atoms in total. The molecular formula is C9H11N3OS. The second-order valence-corrected chi connectivity index (χ2v) is 4.42. The fourth-order valence-electron chi connectivity index (χ4n) is 1.89. The number of rotatable bonds is 1. The first-order valence-electron chi connectivity index (χ1n) is 4.68. The van der Waals surface area contributed by atoms with E-state index in [0.29, 0.717) is 0 Å². The van der Waals surface area contributed by atoms with Crippen LogP contribution in [0, 0.1) is 0 Å². The van der Waals surface area contributed by atoms with E-state index in [2.05, 4.69) is 10.3 Å². The third-order valence-electron chi connectivity index (χ3n) is 2.62. The van der Waals surface area contributed by atoms with Gasteiger partial charge in [-0.3, -0.25) is 4.40 Å². The molecule has 0 amide bonds. The molecule has 2 aromatic rings. The van der Waals surface area contributed by atoms with Gasteiger partial charge < -0.3 is 10.4 Å². The van der Waals surface area contributed by atoms with Gasteiger partial charge in [0.1, 0.15) is 0 Å². The number of hydrogen-bond acceptors (Lipinski definition) is 4. The first-order chi connectivity index (χ1) is 6.84. The van der Waals surface area contributed by atoms with Crippen molar-refractivity contribution in [3.63, 3.8) is 0 Å². The van der Waals surface area contributed by atoms with Gasteiger partial charge in [-0.25, -0.2) is 4.98 Å². The minimum absolute atomic E-state index is 0.0158. The Balaban J connectivity index is 2.01. The van der Waals surface area contributed by atoms with Crippen molar-refractivity contribution in [1.82, 2.24) is 14.7 Å². The van der Waals surface area contributed by atoms with Crippen LogP contribution >= 0.6 is 11.3 Å². The number of fused-ring (bicyclic) bond motifs is 1. The van der Waals surface area contributed by atoms with Crippen LogP contribution in [0.3, 0.4) is 0 Å². The van der Waals surface area contributed by atoms with Gasteiger partial charge in [-0.15, -0.1) is 11.3 Å². The van der Waals surface area contributed by atoms with Crippen molar-refractivity contribution in [2.75, 3.05) is 6.54 Å². The quantitative estimate of drug-likeness (QED) is 0.730. The highest BCUT2D eigenvalue weighted by atomic mass is 32.1. The van der Waals surface area contributed by atoms with E-state index in [1.54, 1.807) is 11.3 Å². The highest BCUT2D eigenvalue weighted by molar-refractivity contribution is 7.15. The van der Waals surface area contributed by atoms with Gasteiger partial charge >= 0.3 is 0 Å². The molecule has 1 aliphatic rings. The van der Waals surface area contributed by atoms with Crippen LogP contribution in [0.2, 0.25) is 0 Å². The Morgan fingerprint density at radius 3 is 3.29 bits per heavy atom. The van der Waals surface area contributed by atoms with Crippen molar-refractivity contribution in [3.8, 4) is 0 Å². The molecule has 0 aromatic carbocycles. The Kier molecular flexibility index (Phi) is 1.83. The Morgan fingerprint density at radius 2 is 2.57 bits per heavy atom. The zero-order chi connectivity index (χ0) is 9.54. The summed E-state index contributed by atoms with van der Waals surface area (Å²) >= 11 is 1.61. The first kappa shape index (κ1) is 8.40. The predicted octanol–water partition coefficient (Wildman–Crippen LogP) is 0.791. The van der Waals surface area contributed by atoms with E-state index in [0.717, 1.165) is 23.6 Å². The number of imidazole rings is 1. The molecule has 74 valence electrons. The molecule has 1 fully saturated rings. The van der Waals surface area contributed by atoms with Gasteiger partial charge in [0.2, 0.25) is 0 Å². The van der Waals surface area contributed by atoms with Crippen LogP contribution in [-0.2, 0) is 0 Å². The highest BCUT2D eigenvalue weighted by Crippen LogP contribution is 2.24. The second kappa shape index (κ2) is 3.05. The minimum Gasteiger partial charge on any atom is -0.391 e. The third kappa shape index (κ3) is 1.17. The number of aliphatic hydroxyl groups is 1. The number of aliphatic hydroxyl groups excluding tert-OH is 1. The average Bonchev–Trinajstić information content (AvgIpc) is 2.75. The van der Waals surface area contributed by atoms with Crippen LogP contribution in [0.1, 0.15) is 18.2 Å². The lowest BCUT2D eigenvalue weighted by atomic mass is 10.1. The molecule has 2 aromatic heterocycles. The summed E-state index contributed by atoms with van der Waals surface area (Å²) in [5, 5.41) is 15.0. The van der Waals surface area contributed by atoms with Crippen LogP contribution in [0.4, 0.5) is 0 Å². The van der Waals surface area contributed by atoms with Crippen LogP contribution in [0.25, 0.3) is 4.96 Å². The molecule has 14 heavy (non-hydrogen) atoms. The van der Waals surface area contributed by atoms with Crippen molar-refractivity contribution < 1.29 is 5.11 Å². The largest absolute Gasteiger partial charge is 0.391 e. The molecule has 0 spiro atoms. The van der Waals surface area contributed by atoms with E-state index in [-0.39, 0.29) is 12.1 Å². The molecule has 3 heterocycles. The lowest BCUT2D eigenvalue weighted by Gasteiger charge is -2.10. The van der Waals surface area contributed by atoms with E-state index < -0.39 is 0 Å². The number of aromatic nitrogens is 2. The maximum Gasteiger partial charge on any atom is 0.193 e. The Labute approximate surface area is 85.2 Å². The Hall–Kier alpha value is -0.910. The zero-order valence-corrected chi connectivity index (χ0v) is 8.37. The molecule has 3 rings (SSSR count). The Bertz CT molecular complexity index is 421. The molecule has 2 atom stereocenters. The van der Waals surface area contributed by atoms with Gasteiger partial charge in [-0.05, 0) is 13.0 Å². The van der Waals surface area contributed by atoms with Crippen molar-refractivity contribution in [3.05, 3.63) is 23.5 Å². The van der Waals surface area contributed by atoms with Crippen LogP contribution in [0.15, 0.2) is 17.8 Å². The molecule has 0 radical (unpaired) electrons. The van der Waals surface area contributed by atoms with E-state index in [1.165, 1.54) is 0 Å². The van der Waals surface area contributed by atoms with Crippen molar-refractivity contribution in [2.45, 2.75) is 18.6 Å². The topological polar surface area (TPSA) is 49.6 Å². The molecule has 5 heteroatoms. The molecule has 1 saturated heterocycles. The monoisotopic (exact) mass is 209 g/mol. The lowest BCUT2D eigenvalue weighted by molar-refractivity contribution is 0.158. The minimum atomic E-state index is -0.292. The van der Waals surface area contributed by atoms with Gasteiger partial charge in [0, 0.05) is 17.8 Å². The first-order valence-corrected chi connectivity index (χ1v) is 5.56. The Morgan fingerprint density at radius 1 is 1.64 bits per heavy atom. The lowest BCUT2D eigenvalue weighted by Crippen LogP contribution is -2.21. The van der Waals surface area contributed by atoms with Crippen molar-refractivity contribution in [2.24, 2.45) is 0 Å². The summed E-state index contributed by atoms with van der Waals surface area (Å²) < 4.78 is 1.99. The standard InChI is InChI=1S/C9H11N3OS/c13-7-1-2-10-8(7)6-5-12-3-4-14-9(12)11-6/h3-5,7-8,10,13H,1-2H2. The van der Waals surface area contributed by atoms with Gasteiger partial charge in [0.05, 0.1) is 17.8 Å². The normalized spacial score (nSPS) is 27.5. The third-order valence-corrected chi connectivity index (χ3v) is 3.39. The van der Waals surface area contributed by atoms with Crippen LogP contribution in [-0.4, -0.2) is 27.1 Å². The maximum atomic E-state index is 9.70. The van der Waals surface area contributed by atoms with E-state index in [9.17, 15) is 5.11 Å². The van der Waals surface area contributed by atoms with Crippen molar-refractivity contribution >= 4 is 16.3 Å². The summed E-state index contributed by atoms with van der Waals surface area (Å²) in [5.41, 5.74) is 0.946. The summed E-state index contributed by atoms with van der Waals surface area (Å²) in [7, 11) is 0. The fraction of sp³-hybridized carbons (Fsp3) is 0.444. The molecule has 1 aliphatic heterocycles. The number of nitrogens with one attached hydrogen (secondary N) is 1. The second-order valence-electron chi connectivity index (χ2n) is 3.55. The zero-order valence-electron chi connectivity index (χ0n) is 7.55. The van der Waals surface area contributed by atoms with E-state index in [1.807, 2.05) is 22.2 Å². The summed E-state index contributed by atoms with van der Waals surface area (Å²) in [6.07, 6.45) is 4.49. The smallest absolute Gasteiger partial charge is 0.193 e. The predicted molar refractivity (Wildman–Crippen MR) is 54.4 cm³/mol. The molecule has 2 unspecified atom stereocenters. The molecule has 0 aliphatic carbocycles. The van der Waals surface area contributed by atoms with Crippen LogP contribution < -0.4 is 5.32 Å². The van der Waals surface area contributed by atoms with Gasteiger partial charge in [0.25, 0.3) is 0 Å². The molecule has 2 N–H and O–H groups in total. The highest BCUT2D eigenvalue weighted by Gasteiger charge is 2.28. The SMILES string of the molecule is OC1CCNC1c1cn2ccsc2n1. The number of hydrogen-bond donors (Lipinski definition) is 2. The number of nitrogens with zero attached hydrogens (tertiary/aromatic N) is 2. The molecule has 0 bridgehead atoms. The summed E-state index contributed by atoms with van der Waals surface area (Å²) in [5.74, 6) is 0. The van der Waals surface area contributed by atoms with Crippen molar-refractivity contribution in [1.29, 1.82) is 0 Å². The maximum absolute atomic E-state index is 9.70. The van der Waals surface area contributed by atoms with Gasteiger partial charge in [-0.2, -0.15) is 0 Å². The van der Waals surface area contributed by atoms with Crippen LogP contribution in [0.5, 0.6) is 0 Å². The fourth-order valence-corrected chi connectivity index (χ4v) is 2.59. The molecule has 0 saturated carbocycles. The van der Waals surface area contributed by atoms with E-state index in [4.69, 9.17) is 0 Å². The summed E-state index contributed by atoms with van der Waals surface area (Å²) in [6.45, 7) is 0.872. The molecular weight excluding hydrogens is 198 g/mol. The average molecular weight is 209 g/mol. The van der Waals surface area contributed by atoms with Gasteiger partial charge in [0.15, 0.2) is 4.96 Å². The summed E-state index contributed by atoms with van der Waals surface area (Å²) in [4.78, 5) is 5.45. The summed E-state index contributed by atoms with van der Waals surface area (Å²) in [6, 6.07) is 0.0158. The number of thiazole rings is 1. The van der Waals surface area contributed by atoms with E-state index >= 15 is 0 Å². The van der Waals surface area contributed by atoms with Gasteiger partial charge in [-0.1, -0.05) is 0 Å².